The molecule has 0 atom stereocenters. The third-order valence-electron chi connectivity index (χ3n) is 2.90. The molecule has 3 aromatic rings. The molecule has 21 heavy (non-hydrogen) atoms. The summed E-state index contributed by atoms with van der Waals surface area (Å²) in [7, 11) is 0. The second-order valence-electron chi connectivity index (χ2n) is 4.35. The molecule has 2 aromatic carbocycles. The van der Waals surface area contributed by atoms with Crippen LogP contribution in [-0.4, -0.2) is 5.91 Å². The van der Waals surface area contributed by atoms with Crippen molar-refractivity contribution in [2.24, 2.45) is 0 Å². The van der Waals surface area contributed by atoms with Gasteiger partial charge in [0.2, 0.25) is 0 Å². The monoisotopic (exact) mass is 431 g/mol. The average molecular weight is 432 g/mol. The van der Waals surface area contributed by atoms with Crippen LogP contribution in [0.15, 0.2) is 42.5 Å². The van der Waals surface area contributed by atoms with Crippen molar-refractivity contribution >= 4 is 67.2 Å². The molecular weight excluding hydrogens is 424 g/mol. The topological polar surface area (TPSA) is 29.1 Å². The van der Waals surface area contributed by atoms with Crippen LogP contribution < -0.4 is 5.32 Å². The number of carbonyl (C=O) groups is 1. The van der Waals surface area contributed by atoms with E-state index in [9.17, 15) is 9.18 Å². The predicted octanol–water partition coefficient (Wildman–Crippen LogP) is 5.55. The van der Waals surface area contributed by atoms with E-state index < -0.39 is 0 Å². The number of benzene rings is 2. The molecule has 0 spiro atoms. The van der Waals surface area contributed by atoms with Crippen LogP contribution in [0, 0.1) is 9.39 Å². The maximum absolute atomic E-state index is 13.2. The van der Waals surface area contributed by atoms with Gasteiger partial charge in [-0.3, -0.25) is 4.79 Å². The zero-order chi connectivity index (χ0) is 15.0. The van der Waals surface area contributed by atoms with Crippen LogP contribution in [0.1, 0.15) is 9.67 Å². The molecule has 0 bridgehead atoms. The molecule has 1 N–H and O–H groups in total. The summed E-state index contributed by atoms with van der Waals surface area (Å²) in [5.74, 6) is -0.632. The van der Waals surface area contributed by atoms with Crippen molar-refractivity contribution in [3.05, 3.63) is 61.8 Å². The standard InChI is InChI=1S/C15H8ClFINOS/c16-13-11-6-1-8(17)7-12(11)21-14(13)15(20)19-10-4-2-9(18)3-5-10/h1-7H,(H,19,20). The Bertz CT molecular complexity index is 832. The first kappa shape index (κ1) is 14.7. The summed E-state index contributed by atoms with van der Waals surface area (Å²) in [6.07, 6.45) is 0. The lowest BCUT2D eigenvalue weighted by Crippen LogP contribution is -2.10. The van der Waals surface area contributed by atoms with E-state index in [0.29, 0.717) is 25.7 Å². The summed E-state index contributed by atoms with van der Waals surface area (Å²) in [4.78, 5) is 12.7. The van der Waals surface area contributed by atoms with Gasteiger partial charge in [-0.1, -0.05) is 11.6 Å². The molecule has 6 heteroatoms. The zero-order valence-corrected chi connectivity index (χ0v) is 14.2. The van der Waals surface area contributed by atoms with E-state index >= 15 is 0 Å². The molecule has 0 unspecified atom stereocenters. The Balaban J connectivity index is 1.94. The fourth-order valence-electron chi connectivity index (χ4n) is 1.91. The smallest absolute Gasteiger partial charge is 0.267 e. The lowest BCUT2D eigenvalue weighted by Gasteiger charge is -2.03. The maximum atomic E-state index is 13.2. The highest BCUT2D eigenvalue weighted by molar-refractivity contribution is 14.1. The number of hydrogen-bond acceptors (Lipinski definition) is 2. The van der Waals surface area contributed by atoms with Crippen LogP contribution in [0.4, 0.5) is 10.1 Å². The molecule has 0 aliphatic carbocycles. The molecule has 1 heterocycles. The highest BCUT2D eigenvalue weighted by Gasteiger charge is 2.17. The first-order chi connectivity index (χ1) is 10.0. The van der Waals surface area contributed by atoms with Crippen LogP contribution in [-0.2, 0) is 0 Å². The van der Waals surface area contributed by atoms with Gasteiger partial charge in [-0.05, 0) is 65.1 Å². The van der Waals surface area contributed by atoms with Crippen molar-refractivity contribution < 1.29 is 9.18 Å². The lowest BCUT2D eigenvalue weighted by molar-refractivity contribution is 0.103. The Labute approximate surface area is 143 Å². The van der Waals surface area contributed by atoms with Crippen molar-refractivity contribution in [1.29, 1.82) is 0 Å². The van der Waals surface area contributed by atoms with Crippen molar-refractivity contribution in [3.8, 4) is 0 Å². The first-order valence-electron chi connectivity index (χ1n) is 5.99. The maximum Gasteiger partial charge on any atom is 0.267 e. The molecule has 0 saturated carbocycles. The molecule has 1 aromatic heterocycles. The lowest BCUT2D eigenvalue weighted by atomic mass is 10.2. The second kappa shape index (κ2) is 5.90. The largest absolute Gasteiger partial charge is 0.321 e. The molecule has 0 saturated heterocycles. The van der Waals surface area contributed by atoms with Crippen LogP contribution in [0.3, 0.4) is 0 Å². The van der Waals surface area contributed by atoms with Crippen LogP contribution in [0.2, 0.25) is 5.02 Å². The van der Waals surface area contributed by atoms with Gasteiger partial charge in [-0.15, -0.1) is 11.3 Å². The van der Waals surface area contributed by atoms with Gasteiger partial charge in [0.1, 0.15) is 10.7 Å². The number of fused-ring (bicyclic) bond motifs is 1. The van der Waals surface area contributed by atoms with Crippen molar-refractivity contribution in [2.75, 3.05) is 5.32 Å². The van der Waals surface area contributed by atoms with E-state index in [-0.39, 0.29) is 11.7 Å². The molecule has 3 rings (SSSR count). The minimum Gasteiger partial charge on any atom is -0.321 e. The molecule has 0 fully saturated rings. The Hall–Kier alpha value is -1.18. The van der Waals surface area contributed by atoms with E-state index in [1.165, 1.54) is 23.5 Å². The van der Waals surface area contributed by atoms with Gasteiger partial charge in [0, 0.05) is 19.3 Å². The zero-order valence-electron chi connectivity index (χ0n) is 10.5. The highest BCUT2D eigenvalue weighted by Crippen LogP contribution is 2.36. The summed E-state index contributed by atoms with van der Waals surface area (Å²) in [6, 6.07) is 11.7. The Kier molecular flexibility index (Phi) is 4.14. The molecular formula is C15H8ClFINOS. The van der Waals surface area contributed by atoms with Crippen LogP contribution >= 0.6 is 45.5 Å². The normalized spacial score (nSPS) is 10.8. The average Bonchev–Trinajstić information content (AvgIpc) is 2.78. The Morgan fingerprint density at radius 1 is 1.19 bits per heavy atom. The van der Waals surface area contributed by atoms with Gasteiger partial charge in [-0.2, -0.15) is 0 Å². The van der Waals surface area contributed by atoms with Crippen molar-refractivity contribution in [1.82, 2.24) is 0 Å². The number of halogens is 3. The number of hydrogen-bond donors (Lipinski definition) is 1. The number of amides is 1. The SMILES string of the molecule is O=C(Nc1ccc(I)cc1)c1sc2cc(F)ccc2c1Cl. The van der Waals surface area contributed by atoms with Crippen molar-refractivity contribution in [2.45, 2.75) is 0 Å². The number of thiophene rings is 1. The molecule has 106 valence electrons. The third-order valence-corrected chi connectivity index (χ3v) is 5.27. The fraction of sp³-hybridized carbons (Fsp3) is 0. The van der Waals surface area contributed by atoms with Crippen molar-refractivity contribution in [3.63, 3.8) is 0 Å². The van der Waals surface area contributed by atoms with E-state index in [0.717, 1.165) is 3.57 Å². The quantitative estimate of drug-likeness (QED) is 0.530. The number of nitrogens with one attached hydrogen (secondary N) is 1. The molecule has 1 amide bonds. The summed E-state index contributed by atoms with van der Waals surface area (Å²) in [5, 5.41) is 3.84. The molecule has 0 aliphatic heterocycles. The first-order valence-corrected chi connectivity index (χ1v) is 8.26. The number of carbonyl (C=O) groups excluding carboxylic acids is 1. The number of anilines is 1. The van der Waals surface area contributed by atoms with E-state index in [1.54, 1.807) is 6.07 Å². The summed E-state index contributed by atoms with van der Waals surface area (Å²) >= 11 is 9.60. The van der Waals surface area contributed by atoms with Gasteiger partial charge in [0.15, 0.2) is 0 Å². The Morgan fingerprint density at radius 3 is 2.62 bits per heavy atom. The predicted molar refractivity (Wildman–Crippen MR) is 93.9 cm³/mol. The van der Waals surface area contributed by atoms with Gasteiger partial charge < -0.3 is 5.32 Å². The summed E-state index contributed by atoms with van der Waals surface area (Å²) < 4.78 is 15.0. The Morgan fingerprint density at radius 2 is 1.90 bits per heavy atom. The van der Waals surface area contributed by atoms with E-state index in [4.69, 9.17) is 11.6 Å². The van der Waals surface area contributed by atoms with Gasteiger partial charge in [0.25, 0.3) is 5.91 Å². The minimum atomic E-state index is -0.343. The molecule has 0 aliphatic rings. The fourth-order valence-corrected chi connectivity index (χ4v) is 3.70. The minimum absolute atomic E-state index is 0.289. The highest BCUT2D eigenvalue weighted by atomic mass is 127. The summed E-state index contributed by atoms with van der Waals surface area (Å²) in [5.41, 5.74) is 0.695. The van der Waals surface area contributed by atoms with Crippen LogP contribution in [0.5, 0.6) is 0 Å². The third kappa shape index (κ3) is 3.04. The van der Waals surface area contributed by atoms with E-state index in [2.05, 4.69) is 27.9 Å². The van der Waals surface area contributed by atoms with E-state index in [1.807, 2.05) is 24.3 Å². The van der Waals surface area contributed by atoms with Gasteiger partial charge in [0.05, 0.1) is 5.02 Å². The number of rotatable bonds is 2. The summed E-state index contributed by atoms with van der Waals surface area (Å²) in [6.45, 7) is 0. The molecule has 2 nitrogen and oxygen atoms in total. The second-order valence-corrected chi connectivity index (χ2v) is 7.02. The van der Waals surface area contributed by atoms with Gasteiger partial charge >= 0.3 is 0 Å². The molecule has 0 radical (unpaired) electrons. The van der Waals surface area contributed by atoms with Crippen LogP contribution in [0.25, 0.3) is 10.1 Å². The van der Waals surface area contributed by atoms with Gasteiger partial charge in [-0.25, -0.2) is 4.39 Å².